The molecule has 1 aromatic heterocycles. The van der Waals surface area contributed by atoms with E-state index in [-0.39, 0.29) is 5.91 Å². The van der Waals surface area contributed by atoms with Gasteiger partial charge < -0.3 is 14.8 Å². The number of hydrogen-bond donors (Lipinski definition) is 1. The normalized spacial score (nSPS) is 10.4. The van der Waals surface area contributed by atoms with Gasteiger partial charge in [0.25, 0.3) is 5.91 Å². The molecule has 27 heavy (non-hydrogen) atoms. The highest BCUT2D eigenvalue weighted by atomic mass is 32.1. The first-order valence-electron chi connectivity index (χ1n) is 8.78. The Morgan fingerprint density at radius 2 is 1.96 bits per heavy atom. The monoisotopic (exact) mass is 382 g/mol. The maximum absolute atomic E-state index is 12.2. The number of aryl methyl sites for hydroxylation is 1. The average Bonchev–Trinajstić information content (AvgIpc) is 3.20. The molecule has 6 heteroatoms. The summed E-state index contributed by atoms with van der Waals surface area (Å²) in [7, 11) is 0. The van der Waals surface area contributed by atoms with Crippen LogP contribution in [0.1, 0.15) is 28.0 Å². The number of carbonyl (C=O) groups excluding carboxylic acids is 1. The number of amides is 1. The highest BCUT2D eigenvalue weighted by Gasteiger charge is 2.05. The van der Waals surface area contributed by atoms with Gasteiger partial charge in [0, 0.05) is 17.5 Å². The lowest BCUT2D eigenvalue weighted by Gasteiger charge is -2.09. The Kier molecular flexibility index (Phi) is 6.82. The van der Waals surface area contributed by atoms with Gasteiger partial charge in [-0.2, -0.15) is 0 Å². The molecule has 3 aromatic rings. The van der Waals surface area contributed by atoms with Crippen LogP contribution in [0.15, 0.2) is 59.4 Å². The number of nitrogens with one attached hydrogen (secondary N) is 1. The summed E-state index contributed by atoms with van der Waals surface area (Å²) in [6.07, 6.45) is 0.745. The third kappa shape index (κ3) is 6.11. The van der Waals surface area contributed by atoms with Gasteiger partial charge in [-0.15, -0.1) is 11.3 Å². The van der Waals surface area contributed by atoms with Gasteiger partial charge in [-0.3, -0.25) is 4.79 Å². The van der Waals surface area contributed by atoms with Crippen molar-refractivity contribution in [3.8, 4) is 11.5 Å². The molecule has 1 heterocycles. The number of aromatic nitrogens is 1. The molecule has 0 unspecified atom stereocenters. The number of carbonyl (C=O) groups is 1. The molecule has 0 bridgehead atoms. The number of nitrogens with zero attached hydrogens (tertiary/aromatic N) is 1. The Hall–Kier alpha value is -2.86. The van der Waals surface area contributed by atoms with Crippen LogP contribution in [0, 0.1) is 6.92 Å². The van der Waals surface area contributed by atoms with Crippen molar-refractivity contribution in [1.82, 2.24) is 10.3 Å². The minimum absolute atomic E-state index is 0.100. The van der Waals surface area contributed by atoms with Crippen molar-refractivity contribution < 1.29 is 14.3 Å². The third-order valence-electron chi connectivity index (χ3n) is 3.85. The maximum Gasteiger partial charge on any atom is 0.251 e. The second-order valence-electron chi connectivity index (χ2n) is 6.07. The summed E-state index contributed by atoms with van der Waals surface area (Å²) in [6.45, 7) is 3.58. The Morgan fingerprint density at radius 3 is 2.70 bits per heavy atom. The molecule has 0 aliphatic heterocycles. The van der Waals surface area contributed by atoms with Crippen LogP contribution in [0.2, 0.25) is 0 Å². The summed E-state index contributed by atoms with van der Waals surface area (Å²) in [5.74, 6) is 1.47. The van der Waals surface area contributed by atoms with E-state index < -0.39 is 0 Å². The zero-order valence-corrected chi connectivity index (χ0v) is 16.0. The fourth-order valence-corrected chi connectivity index (χ4v) is 2.98. The topological polar surface area (TPSA) is 60.5 Å². The maximum atomic E-state index is 12.2. The van der Waals surface area contributed by atoms with Crippen LogP contribution in [-0.2, 0) is 6.61 Å². The van der Waals surface area contributed by atoms with Crippen LogP contribution in [0.4, 0.5) is 0 Å². The minimum atomic E-state index is -0.100. The molecule has 3 rings (SSSR count). The van der Waals surface area contributed by atoms with Gasteiger partial charge in [0.15, 0.2) is 0 Å². The molecule has 0 spiro atoms. The molecule has 0 saturated heterocycles. The predicted octanol–water partition coefficient (Wildman–Crippen LogP) is 4.23. The van der Waals surface area contributed by atoms with Crippen LogP contribution in [0.5, 0.6) is 11.5 Å². The van der Waals surface area contributed by atoms with Gasteiger partial charge in [-0.05, 0) is 55.3 Å². The Bertz CT molecular complexity index is 848. The van der Waals surface area contributed by atoms with Gasteiger partial charge in [0.2, 0.25) is 0 Å². The average molecular weight is 382 g/mol. The molecule has 0 saturated carbocycles. The van der Waals surface area contributed by atoms with E-state index >= 15 is 0 Å². The molecular weight excluding hydrogens is 360 g/mol. The van der Waals surface area contributed by atoms with Crippen LogP contribution < -0.4 is 14.8 Å². The lowest BCUT2D eigenvalue weighted by molar-refractivity contribution is 0.0951. The quantitative estimate of drug-likeness (QED) is 0.563. The van der Waals surface area contributed by atoms with Crippen molar-refractivity contribution in [2.24, 2.45) is 0 Å². The summed E-state index contributed by atoms with van der Waals surface area (Å²) in [6, 6.07) is 15.0. The fraction of sp³-hybridized carbons (Fsp3) is 0.238. The first-order valence-corrected chi connectivity index (χ1v) is 9.72. The van der Waals surface area contributed by atoms with E-state index in [1.165, 1.54) is 16.9 Å². The van der Waals surface area contributed by atoms with Crippen molar-refractivity contribution >= 4 is 17.2 Å². The Labute approximate surface area is 163 Å². The van der Waals surface area contributed by atoms with Gasteiger partial charge in [0.1, 0.15) is 18.1 Å². The molecule has 5 nitrogen and oxygen atoms in total. The van der Waals surface area contributed by atoms with Crippen LogP contribution >= 0.6 is 11.3 Å². The summed E-state index contributed by atoms with van der Waals surface area (Å²) in [5, 5.41) is 4.85. The van der Waals surface area contributed by atoms with Crippen LogP contribution in [0.25, 0.3) is 0 Å². The molecule has 0 radical (unpaired) electrons. The number of rotatable bonds is 9. The predicted molar refractivity (Wildman–Crippen MR) is 107 cm³/mol. The van der Waals surface area contributed by atoms with E-state index in [0.717, 1.165) is 17.9 Å². The lowest BCUT2D eigenvalue weighted by Crippen LogP contribution is -2.25. The highest BCUT2D eigenvalue weighted by Crippen LogP contribution is 2.15. The van der Waals surface area contributed by atoms with Crippen molar-refractivity contribution in [3.63, 3.8) is 0 Å². The largest absolute Gasteiger partial charge is 0.494 e. The summed E-state index contributed by atoms with van der Waals surface area (Å²) >= 11 is 1.54. The Morgan fingerprint density at radius 1 is 1.11 bits per heavy atom. The third-order valence-corrected chi connectivity index (χ3v) is 4.49. The van der Waals surface area contributed by atoms with E-state index in [0.29, 0.717) is 31.1 Å². The number of thiazole rings is 1. The minimum Gasteiger partial charge on any atom is -0.494 e. The molecule has 1 amide bonds. The zero-order chi connectivity index (χ0) is 18.9. The second kappa shape index (κ2) is 9.73. The fourth-order valence-electron chi connectivity index (χ4n) is 2.44. The van der Waals surface area contributed by atoms with Gasteiger partial charge >= 0.3 is 0 Å². The molecule has 0 atom stereocenters. The summed E-state index contributed by atoms with van der Waals surface area (Å²) < 4.78 is 11.3. The lowest BCUT2D eigenvalue weighted by atomic mass is 10.2. The van der Waals surface area contributed by atoms with Crippen LogP contribution in [0.3, 0.4) is 0 Å². The highest BCUT2D eigenvalue weighted by molar-refractivity contribution is 7.07. The van der Waals surface area contributed by atoms with Crippen molar-refractivity contribution in [1.29, 1.82) is 0 Å². The molecular formula is C21H22N2O3S. The van der Waals surface area contributed by atoms with E-state index in [1.54, 1.807) is 29.8 Å². The van der Waals surface area contributed by atoms with Gasteiger partial charge in [-0.1, -0.05) is 12.1 Å². The van der Waals surface area contributed by atoms with E-state index in [1.807, 2.05) is 36.6 Å². The first kappa shape index (κ1) is 18.9. The van der Waals surface area contributed by atoms with Crippen molar-refractivity contribution in [2.75, 3.05) is 13.2 Å². The molecule has 0 aliphatic rings. The molecule has 2 aromatic carbocycles. The summed E-state index contributed by atoms with van der Waals surface area (Å²) in [5.41, 5.74) is 4.45. The standard InChI is InChI=1S/C21H22N2O3S/c1-16-4-2-5-20(12-16)25-11-3-10-22-21(24)17-6-8-19(9-7-17)26-13-18-14-27-15-23-18/h2,4-9,12,14-15H,3,10-11,13H2,1H3,(H,22,24). The van der Waals surface area contributed by atoms with E-state index in [9.17, 15) is 4.79 Å². The molecule has 0 fully saturated rings. The summed E-state index contributed by atoms with van der Waals surface area (Å²) in [4.78, 5) is 16.3. The number of hydrogen-bond acceptors (Lipinski definition) is 5. The molecule has 0 aliphatic carbocycles. The van der Waals surface area contributed by atoms with E-state index in [4.69, 9.17) is 9.47 Å². The zero-order valence-electron chi connectivity index (χ0n) is 15.2. The van der Waals surface area contributed by atoms with Gasteiger partial charge in [0.05, 0.1) is 17.8 Å². The molecule has 140 valence electrons. The van der Waals surface area contributed by atoms with Crippen LogP contribution in [-0.4, -0.2) is 24.0 Å². The Balaban J connectivity index is 1.36. The SMILES string of the molecule is Cc1cccc(OCCCNC(=O)c2ccc(OCc3cscn3)cc2)c1. The van der Waals surface area contributed by atoms with Gasteiger partial charge in [-0.25, -0.2) is 4.98 Å². The smallest absolute Gasteiger partial charge is 0.251 e. The van der Waals surface area contributed by atoms with Crippen molar-refractivity contribution in [2.45, 2.75) is 20.0 Å². The second-order valence-corrected chi connectivity index (χ2v) is 6.79. The first-order chi connectivity index (χ1) is 13.2. The van der Waals surface area contributed by atoms with E-state index in [2.05, 4.69) is 10.3 Å². The molecule has 1 N–H and O–H groups in total. The number of ether oxygens (including phenoxy) is 2. The number of benzene rings is 2. The van der Waals surface area contributed by atoms with Crippen molar-refractivity contribution in [3.05, 3.63) is 76.2 Å².